The molecule has 1 aromatic carbocycles. The fourth-order valence-corrected chi connectivity index (χ4v) is 5.24. The van der Waals surface area contributed by atoms with Crippen molar-refractivity contribution in [1.82, 2.24) is 35.1 Å². The Hall–Kier alpha value is -4.90. The number of aromatic amines is 2. The smallest absolute Gasteiger partial charge is 0.161 e. The predicted molar refractivity (Wildman–Crippen MR) is 151 cm³/mol. The van der Waals surface area contributed by atoms with Crippen LogP contribution in [0.3, 0.4) is 0 Å². The van der Waals surface area contributed by atoms with Gasteiger partial charge in [0.15, 0.2) is 23.7 Å². The first-order valence-electron chi connectivity index (χ1n) is 13.2. The molecule has 4 N–H and O–H groups in total. The van der Waals surface area contributed by atoms with Gasteiger partial charge in [-0.15, -0.1) is 0 Å². The van der Waals surface area contributed by atoms with Gasteiger partial charge in [-0.2, -0.15) is 5.10 Å². The Kier molecular flexibility index (Phi) is 6.05. The van der Waals surface area contributed by atoms with E-state index >= 15 is 4.39 Å². The van der Waals surface area contributed by atoms with Crippen LogP contribution in [0.4, 0.5) is 15.9 Å². The molecule has 0 saturated carbocycles. The molecular formula is C29H26FN9O. The molecule has 6 aromatic rings. The second-order valence-corrected chi connectivity index (χ2v) is 9.87. The van der Waals surface area contributed by atoms with Crippen LogP contribution in [0.1, 0.15) is 31.1 Å². The molecule has 0 amide bonds. The normalized spacial score (nSPS) is 14.6. The quantitative estimate of drug-likeness (QED) is 0.214. The Morgan fingerprint density at radius 3 is 2.65 bits per heavy atom. The molecule has 5 aromatic heterocycles. The van der Waals surface area contributed by atoms with E-state index in [1.165, 1.54) is 12.6 Å². The highest BCUT2D eigenvalue weighted by molar-refractivity contribution is 5.96. The average molecular weight is 536 g/mol. The number of imidazole rings is 1. The van der Waals surface area contributed by atoms with Crippen LogP contribution in [0.15, 0.2) is 67.3 Å². The lowest BCUT2D eigenvalue weighted by atomic mass is 10.1. The third-order valence-corrected chi connectivity index (χ3v) is 7.24. The minimum atomic E-state index is -0.948. The SMILES string of the molecule is OC(Nc1cncc(-c2ncc3[nH]nc(-c4nc5c(N6CCCCC6)nccc5[nH]4)c3c2F)c1)c1ccccc1. The van der Waals surface area contributed by atoms with Crippen LogP contribution in [0.25, 0.3) is 44.7 Å². The molecule has 1 fully saturated rings. The van der Waals surface area contributed by atoms with Gasteiger partial charge in [0.1, 0.15) is 16.9 Å². The summed E-state index contributed by atoms with van der Waals surface area (Å²) in [4.78, 5) is 23.6. The van der Waals surface area contributed by atoms with Gasteiger partial charge in [-0.05, 0) is 31.4 Å². The first-order chi connectivity index (χ1) is 19.7. The van der Waals surface area contributed by atoms with Crippen LogP contribution in [0, 0.1) is 5.82 Å². The topological polar surface area (TPSA) is 132 Å². The van der Waals surface area contributed by atoms with Crippen molar-refractivity contribution in [2.75, 3.05) is 23.3 Å². The molecule has 1 unspecified atom stereocenters. The van der Waals surface area contributed by atoms with Gasteiger partial charge in [0.05, 0.1) is 34.5 Å². The van der Waals surface area contributed by atoms with E-state index in [2.05, 4.69) is 40.3 Å². The molecule has 0 aliphatic carbocycles. The molecule has 0 bridgehead atoms. The summed E-state index contributed by atoms with van der Waals surface area (Å²) in [6.45, 7) is 1.88. The molecule has 40 heavy (non-hydrogen) atoms. The molecule has 7 rings (SSSR count). The van der Waals surface area contributed by atoms with Crippen molar-refractivity contribution < 1.29 is 9.50 Å². The van der Waals surface area contributed by atoms with Gasteiger partial charge in [-0.3, -0.25) is 15.1 Å². The van der Waals surface area contributed by atoms with E-state index in [-0.39, 0.29) is 11.1 Å². The Labute approximate surface area is 228 Å². The number of pyridine rings is 3. The van der Waals surface area contributed by atoms with Gasteiger partial charge < -0.3 is 20.3 Å². The minimum Gasteiger partial charge on any atom is -0.369 e. The van der Waals surface area contributed by atoms with E-state index in [0.717, 1.165) is 42.8 Å². The molecule has 6 heterocycles. The number of anilines is 2. The summed E-state index contributed by atoms with van der Waals surface area (Å²) in [6, 6.07) is 12.8. The van der Waals surface area contributed by atoms with Crippen molar-refractivity contribution in [2.24, 2.45) is 0 Å². The minimum absolute atomic E-state index is 0.118. The van der Waals surface area contributed by atoms with Crippen LogP contribution in [-0.4, -0.2) is 53.3 Å². The number of nitrogens with one attached hydrogen (secondary N) is 3. The zero-order chi connectivity index (χ0) is 27.1. The van der Waals surface area contributed by atoms with Crippen LogP contribution in [0.2, 0.25) is 0 Å². The number of piperidine rings is 1. The predicted octanol–water partition coefficient (Wildman–Crippen LogP) is 5.19. The lowest BCUT2D eigenvalue weighted by molar-refractivity contribution is 0.208. The van der Waals surface area contributed by atoms with Crippen molar-refractivity contribution in [1.29, 1.82) is 0 Å². The average Bonchev–Trinajstić information content (AvgIpc) is 3.63. The summed E-state index contributed by atoms with van der Waals surface area (Å²) < 4.78 is 16.1. The van der Waals surface area contributed by atoms with E-state index in [0.29, 0.717) is 33.8 Å². The zero-order valence-corrected chi connectivity index (χ0v) is 21.5. The molecule has 200 valence electrons. The lowest BCUT2D eigenvalue weighted by Crippen LogP contribution is -2.30. The highest BCUT2D eigenvalue weighted by Gasteiger charge is 2.23. The lowest BCUT2D eigenvalue weighted by Gasteiger charge is -2.27. The molecule has 1 saturated heterocycles. The number of halogens is 1. The van der Waals surface area contributed by atoms with E-state index in [1.54, 1.807) is 24.7 Å². The van der Waals surface area contributed by atoms with Gasteiger partial charge >= 0.3 is 0 Å². The van der Waals surface area contributed by atoms with Gasteiger partial charge in [0, 0.05) is 36.6 Å². The number of nitrogens with zero attached hydrogens (tertiary/aromatic N) is 6. The summed E-state index contributed by atoms with van der Waals surface area (Å²) in [5.41, 5.74) is 4.17. The first kappa shape index (κ1) is 24.2. The maximum absolute atomic E-state index is 16.1. The summed E-state index contributed by atoms with van der Waals surface area (Å²) in [5.74, 6) is 0.733. The second kappa shape index (κ2) is 10.0. The zero-order valence-electron chi connectivity index (χ0n) is 21.5. The maximum atomic E-state index is 16.1. The van der Waals surface area contributed by atoms with Crippen molar-refractivity contribution in [3.8, 4) is 22.8 Å². The standard InChI is InChI=1S/C29H26FN9O/c30-23-22-21(16-33-24(23)18-13-19(15-31-14-18)34-29(40)17-7-3-1-4-8-17)37-38-26(22)27-35-20-9-10-32-28(25(20)36-27)39-11-5-2-6-12-39/h1,3-4,7-10,13-16,29,34,40H,2,5-6,11-12H2,(H,35,36)(H,37,38). The second-order valence-electron chi connectivity index (χ2n) is 9.87. The number of benzene rings is 1. The van der Waals surface area contributed by atoms with Gasteiger partial charge in [-0.1, -0.05) is 30.3 Å². The van der Waals surface area contributed by atoms with Crippen molar-refractivity contribution in [3.05, 3.63) is 78.6 Å². The monoisotopic (exact) mass is 535 g/mol. The van der Waals surface area contributed by atoms with Crippen LogP contribution < -0.4 is 10.2 Å². The van der Waals surface area contributed by atoms with Crippen LogP contribution >= 0.6 is 0 Å². The van der Waals surface area contributed by atoms with E-state index in [9.17, 15) is 5.11 Å². The van der Waals surface area contributed by atoms with Gasteiger partial charge in [-0.25, -0.2) is 14.4 Å². The third-order valence-electron chi connectivity index (χ3n) is 7.24. The number of hydrogen-bond acceptors (Lipinski definition) is 8. The largest absolute Gasteiger partial charge is 0.369 e. The molecule has 0 spiro atoms. The number of rotatable bonds is 6. The summed E-state index contributed by atoms with van der Waals surface area (Å²) in [6.07, 6.45) is 8.93. The molecular weight excluding hydrogens is 509 g/mol. The van der Waals surface area contributed by atoms with E-state index in [4.69, 9.17) is 4.98 Å². The van der Waals surface area contributed by atoms with Crippen molar-refractivity contribution in [3.63, 3.8) is 0 Å². The molecule has 11 heteroatoms. The number of H-pyrrole nitrogens is 2. The van der Waals surface area contributed by atoms with Crippen LogP contribution in [-0.2, 0) is 0 Å². The molecule has 1 aliphatic heterocycles. The molecule has 1 aliphatic rings. The number of aliphatic hydroxyl groups is 1. The third kappa shape index (κ3) is 4.30. The Morgan fingerprint density at radius 1 is 0.950 bits per heavy atom. The van der Waals surface area contributed by atoms with Crippen molar-refractivity contribution >= 4 is 33.4 Å². The molecule has 0 radical (unpaired) electrons. The van der Waals surface area contributed by atoms with Crippen molar-refractivity contribution in [2.45, 2.75) is 25.5 Å². The maximum Gasteiger partial charge on any atom is 0.161 e. The highest BCUT2D eigenvalue weighted by atomic mass is 19.1. The van der Waals surface area contributed by atoms with Crippen LogP contribution in [0.5, 0.6) is 0 Å². The first-order valence-corrected chi connectivity index (χ1v) is 13.2. The number of aromatic nitrogens is 7. The Balaban J connectivity index is 1.26. The fourth-order valence-electron chi connectivity index (χ4n) is 5.24. The fraction of sp³-hybridized carbons (Fsp3) is 0.207. The number of fused-ring (bicyclic) bond motifs is 2. The summed E-state index contributed by atoms with van der Waals surface area (Å²) in [7, 11) is 0. The Bertz CT molecular complexity index is 1810. The van der Waals surface area contributed by atoms with Gasteiger partial charge in [0.25, 0.3) is 0 Å². The Morgan fingerprint density at radius 2 is 1.80 bits per heavy atom. The van der Waals surface area contributed by atoms with E-state index in [1.807, 2.05) is 36.4 Å². The highest BCUT2D eigenvalue weighted by Crippen LogP contribution is 2.34. The number of hydrogen-bond donors (Lipinski definition) is 4. The van der Waals surface area contributed by atoms with Gasteiger partial charge in [0.2, 0.25) is 0 Å². The molecule has 10 nitrogen and oxygen atoms in total. The van der Waals surface area contributed by atoms with E-state index < -0.39 is 12.0 Å². The summed E-state index contributed by atoms with van der Waals surface area (Å²) >= 11 is 0. The number of aliphatic hydroxyl groups excluding tert-OH is 1. The molecule has 1 atom stereocenters. The summed E-state index contributed by atoms with van der Waals surface area (Å²) in [5, 5.41) is 21.1.